The van der Waals surface area contributed by atoms with Gasteiger partial charge in [0.2, 0.25) is 0 Å². The van der Waals surface area contributed by atoms with Crippen molar-refractivity contribution in [3.8, 4) is 11.1 Å². The number of carbonyl (C=O) groups excluding carboxylic acids is 1. The van der Waals surface area contributed by atoms with E-state index in [1.54, 1.807) is 24.4 Å². The molecule has 0 bridgehead atoms. The van der Waals surface area contributed by atoms with Crippen LogP contribution in [-0.4, -0.2) is 10.9 Å². The average Bonchev–Trinajstić information content (AvgIpc) is 3.11. The molecule has 2 aromatic heterocycles. The van der Waals surface area contributed by atoms with Gasteiger partial charge in [-0.15, -0.1) is 11.3 Å². The lowest BCUT2D eigenvalue weighted by Crippen LogP contribution is -2.13. The van der Waals surface area contributed by atoms with Gasteiger partial charge in [0.15, 0.2) is 0 Å². The number of nitrogen functional groups attached to an aromatic ring is 1. The molecule has 0 saturated carbocycles. The van der Waals surface area contributed by atoms with E-state index in [1.165, 1.54) is 23.5 Å². The predicted molar refractivity (Wildman–Crippen MR) is 109 cm³/mol. The van der Waals surface area contributed by atoms with Gasteiger partial charge in [0, 0.05) is 22.8 Å². The Bertz CT molecular complexity index is 1120. The fourth-order valence-corrected chi connectivity index (χ4v) is 3.82. The normalized spacial score (nSPS) is 10.9. The first-order chi connectivity index (χ1) is 13.0. The predicted octanol–water partition coefficient (Wildman–Crippen LogP) is 5.25. The third-order valence-electron chi connectivity index (χ3n) is 4.42. The van der Waals surface area contributed by atoms with Crippen molar-refractivity contribution in [3.63, 3.8) is 0 Å². The van der Waals surface area contributed by atoms with E-state index in [2.05, 4.69) is 10.3 Å². The lowest BCUT2D eigenvalue weighted by atomic mass is 9.99. The van der Waals surface area contributed by atoms with Crippen molar-refractivity contribution in [1.29, 1.82) is 0 Å². The van der Waals surface area contributed by atoms with E-state index in [0.717, 1.165) is 26.9 Å². The third-order valence-corrected chi connectivity index (χ3v) is 5.48. The van der Waals surface area contributed by atoms with Crippen LogP contribution in [0.4, 0.5) is 15.8 Å². The van der Waals surface area contributed by atoms with Gasteiger partial charge in [-0.05, 0) is 48.4 Å². The van der Waals surface area contributed by atoms with Crippen molar-refractivity contribution in [2.75, 3.05) is 11.1 Å². The maximum Gasteiger partial charge on any atom is 0.265 e. The Morgan fingerprint density at radius 3 is 2.67 bits per heavy atom. The van der Waals surface area contributed by atoms with E-state index in [1.807, 2.05) is 31.2 Å². The third kappa shape index (κ3) is 3.27. The number of anilines is 2. The number of nitrogens with zero attached hydrogens (tertiary/aromatic N) is 1. The number of halogens is 1. The van der Waals surface area contributed by atoms with E-state index < -0.39 is 0 Å². The molecule has 2 heterocycles. The van der Waals surface area contributed by atoms with E-state index in [4.69, 9.17) is 5.73 Å². The minimum Gasteiger partial charge on any atom is -0.398 e. The Balaban J connectivity index is 1.75. The number of benzene rings is 2. The summed E-state index contributed by atoms with van der Waals surface area (Å²) in [7, 11) is 0. The molecule has 2 aromatic carbocycles. The van der Waals surface area contributed by atoms with Crippen molar-refractivity contribution < 1.29 is 9.18 Å². The Hall–Kier alpha value is -3.25. The lowest BCUT2D eigenvalue weighted by molar-refractivity contribution is 0.103. The van der Waals surface area contributed by atoms with Crippen LogP contribution < -0.4 is 11.1 Å². The van der Waals surface area contributed by atoms with Gasteiger partial charge in [-0.2, -0.15) is 0 Å². The molecule has 0 unspecified atom stereocenters. The van der Waals surface area contributed by atoms with Crippen molar-refractivity contribution in [1.82, 2.24) is 4.98 Å². The fraction of sp³-hybridized carbons (Fsp3) is 0.0476. The summed E-state index contributed by atoms with van der Waals surface area (Å²) in [5, 5.41) is 3.91. The van der Waals surface area contributed by atoms with Gasteiger partial charge in [-0.1, -0.05) is 24.3 Å². The highest BCUT2D eigenvalue weighted by Gasteiger charge is 2.16. The van der Waals surface area contributed by atoms with E-state index in [0.29, 0.717) is 16.3 Å². The molecule has 0 aliphatic rings. The summed E-state index contributed by atoms with van der Waals surface area (Å²) in [6, 6.07) is 15.3. The number of rotatable bonds is 3. The highest BCUT2D eigenvalue weighted by atomic mass is 32.1. The first-order valence-corrected chi connectivity index (χ1v) is 9.15. The Labute approximate surface area is 159 Å². The maximum atomic E-state index is 13.3. The van der Waals surface area contributed by atoms with Crippen LogP contribution >= 0.6 is 11.3 Å². The second-order valence-electron chi connectivity index (χ2n) is 6.17. The Morgan fingerprint density at radius 2 is 1.93 bits per heavy atom. The van der Waals surface area contributed by atoms with Crippen LogP contribution in [0.15, 0.2) is 60.8 Å². The van der Waals surface area contributed by atoms with E-state index >= 15 is 0 Å². The van der Waals surface area contributed by atoms with E-state index in [-0.39, 0.29) is 11.7 Å². The molecule has 1 amide bonds. The summed E-state index contributed by atoms with van der Waals surface area (Å²) >= 11 is 1.33. The molecule has 0 aliphatic carbocycles. The van der Waals surface area contributed by atoms with Gasteiger partial charge in [0.1, 0.15) is 10.6 Å². The largest absolute Gasteiger partial charge is 0.398 e. The SMILES string of the molecule is Cc1c(N)ccc(-c2ccc(F)cc2)c1NC(=O)c1cc2cccnc2s1. The smallest absolute Gasteiger partial charge is 0.265 e. The monoisotopic (exact) mass is 377 g/mol. The zero-order chi connectivity index (χ0) is 19.0. The molecule has 4 aromatic rings. The molecule has 0 fully saturated rings. The number of fused-ring (bicyclic) bond motifs is 1. The minimum atomic E-state index is -0.311. The standard InChI is InChI=1S/C21H16FN3OS/c1-12-17(23)9-8-16(13-4-6-15(22)7-5-13)19(12)25-20(26)18-11-14-3-2-10-24-21(14)27-18/h2-11H,23H2,1H3,(H,25,26). The molecule has 134 valence electrons. The van der Waals surface area contributed by atoms with Gasteiger partial charge in [0.05, 0.1) is 10.6 Å². The zero-order valence-corrected chi connectivity index (χ0v) is 15.3. The zero-order valence-electron chi connectivity index (χ0n) is 14.5. The topological polar surface area (TPSA) is 68.0 Å². The van der Waals surface area contributed by atoms with Crippen LogP contribution in [-0.2, 0) is 0 Å². The number of hydrogen-bond donors (Lipinski definition) is 2. The summed E-state index contributed by atoms with van der Waals surface area (Å²) in [5.41, 5.74) is 9.60. The van der Waals surface area contributed by atoms with Gasteiger partial charge in [-0.25, -0.2) is 9.37 Å². The molecular formula is C21H16FN3OS. The van der Waals surface area contributed by atoms with Crippen LogP contribution in [0.2, 0.25) is 0 Å². The maximum absolute atomic E-state index is 13.3. The number of carbonyl (C=O) groups is 1. The minimum absolute atomic E-state index is 0.227. The van der Waals surface area contributed by atoms with E-state index in [9.17, 15) is 9.18 Å². The number of thiophene rings is 1. The number of nitrogens with two attached hydrogens (primary N) is 1. The Morgan fingerprint density at radius 1 is 1.15 bits per heavy atom. The van der Waals surface area contributed by atoms with Crippen molar-refractivity contribution in [3.05, 3.63) is 77.1 Å². The van der Waals surface area contributed by atoms with Gasteiger partial charge in [0.25, 0.3) is 5.91 Å². The molecule has 3 N–H and O–H groups in total. The number of aromatic nitrogens is 1. The van der Waals surface area contributed by atoms with Gasteiger partial charge < -0.3 is 11.1 Å². The molecule has 0 radical (unpaired) electrons. The van der Waals surface area contributed by atoms with Crippen LogP contribution in [0.25, 0.3) is 21.3 Å². The highest BCUT2D eigenvalue weighted by molar-refractivity contribution is 7.20. The van der Waals surface area contributed by atoms with Crippen LogP contribution in [0.3, 0.4) is 0 Å². The van der Waals surface area contributed by atoms with Crippen LogP contribution in [0.5, 0.6) is 0 Å². The quantitative estimate of drug-likeness (QED) is 0.480. The fourth-order valence-electron chi connectivity index (χ4n) is 2.92. The molecule has 4 nitrogen and oxygen atoms in total. The second kappa shape index (κ2) is 6.81. The lowest BCUT2D eigenvalue weighted by Gasteiger charge is -2.15. The first-order valence-electron chi connectivity index (χ1n) is 8.34. The van der Waals surface area contributed by atoms with Gasteiger partial charge >= 0.3 is 0 Å². The summed E-state index contributed by atoms with van der Waals surface area (Å²) in [6.45, 7) is 1.85. The summed E-state index contributed by atoms with van der Waals surface area (Å²) in [4.78, 5) is 18.5. The molecule has 0 aliphatic heterocycles. The average molecular weight is 377 g/mol. The number of pyridine rings is 1. The van der Waals surface area contributed by atoms with Crippen molar-refractivity contribution in [2.45, 2.75) is 6.92 Å². The summed E-state index contributed by atoms with van der Waals surface area (Å²) in [5.74, 6) is -0.538. The highest BCUT2D eigenvalue weighted by Crippen LogP contribution is 2.35. The molecular weight excluding hydrogens is 361 g/mol. The van der Waals surface area contributed by atoms with Crippen LogP contribution in [0.1, 0.15) is 15.2 Å². The molecule has 0 spiro atoms. The molecule has 0 saturated heterocycles. The van der Waals surface area contributed by atoms with Crippen LogP contribution in [0, 0.1) is 12.7 Å². The van der Waals surface area contributed by atoms with Crippen molar-refractivity contribution >= 4 is 38.8 Å². The van der Waals surface area contributed by atoms with Gasteiger partial charge in [-0.3, -0.25) is 4.79 Å². The second-order valence-corrected chi connectivity index (χ2v) is 7.20. The molecule has 27 heavy (non-hydrogen) atoms. The number of amides is 1. The number of hydrogen-bond acceptors (Lipinski definition) is 4. The Kier molecular flexibility index (Phi) is 4.33. The first kappa shape index (κ1) is 17.2. The molecule has 0 atom stereocenters. The number of nitrogens with one attached hydrogen (secondary N) is 1. The summed E-state index contributed by atoms with van der Waals surface area (Å²) in [6.07, 6.45) is 1.70. The molecule has 6 heteroatoms. The van der Waals surface area contributed by atoms with Crippen molar-refractivity contribution in [2.24, 2.45) is 0 Å². The summed E-state index contributed by atoms with van der Waals surface area (Å²) < 4.78 is 13.3. The molecule has 4 rings (SSSR count).